The third-order valence-corrected chi connectivity index (χ3v) is 10.5. The normalized spacial score (nSPS) is 25.2. The van der Waals surface area contributed by atoms with Gasteiger partial charge in [0, 0.05) is 6.85 Å². The highest BCUT2D eigenvalue weighted by atomic mass is 32.6. The van der Waals surface area contributed by atoms with Crippen LogP contribution in [-0.2, 0) is 10.3 Å². The first kappa shape index (κ1) is 12.7. The fraction of sp³-hybridized carbons (Fsp3) is 0.417. The Morgan fingerprint density at radius 1 is 1.47 bits per heavy atom. The van der Waals surface area contributed by atoms with E-state index in [-0.39, 0.29) is 0 Å². The van der Waals surface area contributed by atoms with Gasteiger partial charge in [-0.15, -0.1) is 0 Å². The van der Waals surface area contributed by atoms with Crippen molar-refractivity contribution in [1.82, 2.24) is 4.18 Å². The van der Waals surface area contributed by atoms with E-state index in [0.29, 0.717) is 16.0 Å². The molecule has 3 nitrogen and oxygen atoms in total. The maximum Gasteiger partial charge on any atom is 0.115 e. The van der Waals surface area contributed by atoms with Gasteiger partial charge in [-0.1, -0.05) is 24.1 Å². The Morgan fingerprint density at radius 2 is 2.12 bits per heavy atom. The fourth-order valence-electron chi connectivity index (χ4n) is 1.66. The minimum atomic E-state index is -0.393. The molecule has 1 aliphatic heterocycles. The number of hydrogen-bond donors (Lipinski definition) is 1. The van der Waals surface area contributed by atoms with Crippen LogP contribution >= 0.6 is 6.85 Å². The van der Waals surface area contributed by atoms with Gasteiger partial charge in [0.1, 0.15) is 5.75 Å². The van der Waals surface area contributed by atoms with Gasteiger partial charge in [-0.25, -0.2) is 4.18 Å². The molecule has 1 aromatic rings. The molecule has 0 radical (unpaired) electrons. The van der Waals surface area contributed by atoms with Crippen LogP contribution in [0.2, 0.25) is 0 Å². The minimum absolute atomic E-state index is 0.300. The molecule has 3 unspecified atom stereocenters. The summed E-state index contributed by atoms with van der Waals surface area (Å²) in [5, 5.41) is 13.7. The van der Waals surface area contributed by atoms with Crippen molar-refractivity contribution in [1.29, 1.82) is 0 Å². The third-order valence-electron chi connectivity index (χ3n) is 2.96. The van der Waals surface area contributed by atoms with Gasteiger partial charge in [-0.2, -0.15) is 5.10 Å². The largest absolute Gasteiger partial charge is 0.508 e. The van der Waals surface area contributed by atoms with Crippen LogP contribution in [0.15, 0.2) is 29.4 Å². The van der Waals surface area contributed by atoms with E-state index in [2.05, 4.69) is 29.4 Å². The lowest BCUT2D eigenvalue weighted by atomic mass is 10.2. The van der Waals surface area contributed by atoms with Crippen molar-refractivity contribution >= 4 is 23.3 Å². The lowest BCUT2D eigenvalue weighted by molar-refractivity contribution is 0.475. The van der Waals surface area contributed by atoms with Gasteiger partial charge in [-0.3, -0.25) is 0 Å². The summed E-state index contributed by atoms with van der Waals surface area (Å²) in [6.07, 6.45) is 5.43. The smallest absolute Gasteiger partial charge is 0.115 e. The Balaban J connectivity index is 1.98. The van der Waals surface area contributed by atoms with Gasteiger partial charge >= 0.3 is 0 Å². The molecule has 3 atom stereocenters. The molecule has 0 amide bonds. The van der Waals surface area contributed by atoms with E-state index in [1.807, 2.05) is 18.3 Å². The van der Waals surface area contributed by atoms with E-state index in [9.17, 15) is 5.11 Å². The molecule has 0 saturated carbocycles. The van der Waals surface area contributed by atoms with Crippen LogP contribution in [-0.4, -0.2) is 27.4 Å². The first-order chi connectivity index (χ1) is 8.13. The highest BCUT2D eigenvalue weighted by molar-refractivity contribution is 8.37. The molecule has 1 aromatic carbocycles. The molecular weight excluding hydrogens is 251 g/mol. The zero-order chi connectivity index (χ0) is 12.4. The quantitative estimate of drug-likeness (QED) is 0.674. The van der Waals surface area contributed by atoms with Crippen molar-refractivity contribution in [3.05, 3.63) is 29.8 Å². The minimum Gasteiger partial charge on any atom is -0.508 e. The van der Waals surface area contributed by atoms with Crippen LogP contribution in [0.5, 0.6) is 5.75 Å². The van der Waals surface area contributed by atoms with Gasteiger partial charge in [0.05, 0.1) is 6.21 Å². The van der Waals surface area contributed by atoms with Crippen LogP contribution in [0.1, 0.15) is 25.8 Å². The van der Waals surface area contributed by atoms with Crippen LogP contribution in [0.3, 0.4) is 0 Å². The Kier molecular flexibility index (Phi) is 3.95. The van der Waals surface area contributed by atoms with Crippen LogP contribution in [0.4, 0.5) is 0 Å². The molecule has 0 fully saturated rings. The molecule has 1 aliphatic rings. The van der Waals surface area contributed by atoms with E-state index in [4.69, 9.17) is 0 Å². The summed E-state index contributed by atoms with van der Waals surface area (Å²) >= 11 is 0. The van der Waals surface area contributed by atoms with E-state index < -0.39 is 6.85 Å². The van der Waals surface area contributed by atoms with Crippen LogP contribution in [0.25, 0.3) is 0 Å². The van der Waals surface area contributed by atoms with Crippen LogP contribution in [0, 0.1) is 0 Å². The standard InChI is InChI=1S/C12H19N2OPS/c1-4-10(2)16-14(17(16)3)13-9-11-5-7-12(15)8-6-11/h5-10,15-16H,4H2,1-3H3. The number of hydrazone groups is 1. The molecular formula is C12H19N2OPS. The summed E-state index contributed by atoms with van der Waals surface area (Å²) in [7, 11) is 0.393. The molecule has 1 N–H and O–H groups in total. The SMILES string of the molecule is CCC(C)[PH]1=S(C)N1N=Cc1ccc(O)cc1. The van der Waals surface area contributed by atoms with Crippen LogP contribution < -0.4 is 0 Å². The van der Waals surface area contributed by atoms with Crippen molar-refractivity contribution in [2.75, 3.05) is 6.26 Å². The highest BCUT2D eigenvalue weighted by Crippen LogP contribution is 2.55. The zero-order valence-corrected chi connectivity index (χ0v) is 12.2. The Morgan fingerprint density at radius 3 is 2.71 bits per heavy atom. The summed E-state index contributed by atoms with van der Waals surface area (Å²) in [6, 6.07) is 7.14. The Labute approximate surface area is 106 Å². The molecule has 5 heteroatoms. The number of phenolic OH excluding ortho intramolecular Hbond substituents is 1. The number of rotatable bonds is 4. The summed E-state index contributed by atoms with van der Waals surface area (Å²) in [5.41, 5.74) is 1.85. The van der Waals surface area contributed by atoms with Gasteiger partial charge in [0.15, 0.2) is 0 Å². The molecule has 0 bridgehead atoms. The van der Waals surface area contributed by atoms with Gasteiger partial charge in [-0.05, 0) is 48.2 Å². The molecule has 0 spiro atoms. The van der Waals surface area contributed by atoms with Crippen molar-refractivity contribution < 1.29 is 5.11 Å². The second-order valence-corrected chi connectivity index (χ2v) is 11.0. The molecule has 17 heavy (non-hydrogen) atoms. The molecule has 0 aliphatic carbocycles. The fourth-order valence-corrected chi connectivity index (χ4v) is 9.14. The first-order valence-electron chi connectivity index (χ1n) is 5.79. The third kappa shape index (κ3) is 2.93. The molecule has 0 aromatic heterocycles. The second kappa shape index (κ2) is 5.28. The number of nitrogens with zero attached hydrogens (tertiary/aromatic N) is 2. The monoisotopic (exact) mass is 270 g/mol. The predicted molar refractivity (Wildman–Crippen MR) is 78.9 cm³/mol. The van der Waals surface area contributed by atoms with E-state index in [1.54, 1.807) is 12.1 Å². The summed E-state index contributed by atoms with van der Waals surface area (Å²) in [4.78, 5) is 0. The van der Waals surface area contributed by atoms with Crippen molar-refractivity contribution in [3.8, 4) is 5.75 Å². The lowest BCUT2D eigenvalue weighted by Crippen LogP contribution is -1.95. The zero-order valence-electron chi connectivity index (χ0n) is 10.4. The van der Waals surface area contributed by atoms with E-state index in [1.165, 1.54) is 6.42 Å². The first-order valence-corrected chi connectivity index (χ1v) is 9.63. The predicted octanol–water partition coefficient (Wildman–Crippen LogP) is 3.05. The van der Waals surface area contributed by atoms with Gasteiger partial charge < -0.3 is 5.11 Å². The number of aromatic hydroxyl groups is 1. The topological polar surface area (TPSA) is 35.6 Å². The maximum absolute atomic E-state index is 9.19. The second-order valence-electron chi connectivity index (χ2n) is 4.23. The number of hydrogen-bond acceptors (Lipinski definition) is 3. The Bertz CT molecular complexity index is 470. The molecule has 2 rings (SSSR count). The summed E-state index contributed by atoms with van der Waals surface area (Å²) in [5.74, 6) is 0.300. The average molecular weight is 270 g/mol. The summed E-state index contributed by atoms with van der Waals surface area (Å²) < 4.78 is 2.28. The number of benzene rings is 1. The Hall–Kier alpha value is -0.730. The van der Waals surface area contributed by atoms with Gasteiger partial charge in [0.25, 0.3) is 0 Å². The molecule has 94 valence electrons. The van der Waals surface area contributed by atoms with Crippen molar-refractivity contribution in [2.45, 2.75) is 25.9 Å². The average Bonchev–Trinajstić information content (AvgIpc) is 2.98. The van der Waals surface area contributed by atoms with Crippen molar-refractivity contribution in [3.63, 3.8) is 0 Å². The molecule has 1 heterocycles. The number of phenols is 1. The maximum atomic E-state index is 9.19. The van der Waals surface area contributed by atoms with Gasteiger partial charge in [0.2, 0.25) is 0 Å². The van der Waals surface area contributed by atoms with E-state index >= 15 is 0 Å². The molecule has 0 saturated heterocycles. The lowest BCUT2D eigenvalue weighted by Gasteiger charge is -2.04. The van der Waals surface area contributed by atoms with E-state index in [0.717, 1.165) is 11.2 Å². The highest BCUT2D eigenvalue weighted by Gasteiger charge is 2.29. The summed E-state index contributed by atoms with van der Waals surface area (Å²) in [6.45, 7) is 4.18. The van der Waals surface area contributed by atoms with Crippen molar-refractivity contribution in [2.24, 2.45) is 5.10 Å².